The monoisotopic (exact) mass is 517 g/mol. The van der Waals surface area contributed by atoms with Gasteiger partial charge in [0.25, 0.3) is 0 Å². The fourth-order valence-corrected chi connectivity index (χ4v) is 6.58. The van der Waals surface area contributed by atoms with Crippen LogP contribution in [0.3, 0.4) is 0 Å². The van der Waals surface area contributed by atoms with E-state index in [2.05, 4.69) is 0 Å². The minimum absolute atomic E-state index is 0.0864. The summed E-state index contributed by atoms with van der Waals surface area (Å²) in [6.07, 6.45) is -3.33. The molecule has 0 bridgehead atoms. The van der Waals surface area contributed by atoms with E-state index in [1.807, 2.05) is 0 Å². The van der Waals surface area contributed by atoms with Crippen molar-refractivity contribution in [1.29, 1.82) is 0 Å². The number of carbonyl (C=O) groups is 1. The molecule has 0 aliphatic carbocycles. The van der Waals surface area contributed by atoms with Crippen LogP contribution >= 0.6 is 0 Å². The molecule has 0 aromatic heterocycles. The van der Waals surface area contributed by atoms with Crippen molar-refractivity contribution in [2.75, 3.05) is 12.8 Å². The number of carbonyl (C=O) groups excluding carboxylic acids is 1. The van der Waals surface area contributed by atoms with Crippen LogP contribution in [-0.2, 0) is 37.2 Å². The predicted molar refractivity (Wildman–Crippen MR) is 120 cm³/mol. The van der Waals surface area contributed by atoms with E-state index in [9.17, 15) is 34.8 Å². The van der Waals surface area contributed by atoms with Gasteiger partial charge in [-0.15, -0.1) is 0 Å². The molecule has 1 atom stereocenters. The Balaban J connectivity index is 1.78. The summed E-state index contributed by atoms with van der Waals surface area (Å²) in [7, 11) is -7.58. The summed E-state index contributed by atoms with van der Waals surface area (Å²) in [5.74, 6) is -0.897. The first-order valence-corrected chi connectivity index (χ1v) is 13.9. The summed E-state index contributed by atoms with van der Waals surface area (Å²) in [4.78, 5) is 14.1. The molecule has 1 fully saturated rings. The van der Waals surface area contributed by atoms with Gasteiger partial charge in [-0.3, -0.25) is 4.79 Å². The van der Waals surface area contributed by atoms with Crippen LogP contribution in [0.2, 0.25) is 0 Å². The van der Waals surface area contributed by atoms with E-state index in [1.54, 1.807) is 12.1 Å². The average Bonchev–Trinajstić information content (AvgIpc) is 2.74. The van der Waals surface area contributed by atoms with E-state index in [0.717, 1.165) is 24.5 Å². The van der Waals surface area contributed by atoms with Gasteiger partial charge in [0.2, 0.25) is 5.91 Å². The Kier molecular flexibility index (Phi) is 6.93. The normalized spacial score (nSPS) is 18.2. The van der Waals surface area contributed by atoms with Crippen molar-refractivity contribution in [1.82, 2.24) is 4.90 Å². The molecule has 1 unspecified atom stereocenters. The summed E-state index contributed by atoms with van der Waals surface area (Å²) in [5, 5.41) is 0. The standard InChI is InChI=1S/C23H26F3NO5S2/c1-22(2,34(31,32)20-9-5-7-18(13-20)23(24,25)26)17-10-11-27(21(28)14-17)15-16-6-4-8-19(12-16)33(3,29)30/h4-9,12-13,17H,10-11,14-15H2,1-3H3. The Morgan fingerprint density at radius 3 is 2.18 bits per heavy atom. The molecule has 1 aliphatic rings. The van der Waals surface area contributed by atoms with Gasteiger partial charge in [-0.05, 0) is 62.1 Å². The third-order valence-corrected chi connectivity index (χ3v) is 10.1. The van der Waals surface area contributed by atoms with Crippen molar-refractivity contribution in [3.8, 4) is 0 Å². The Morgan fingerprint density at radius 1 is 0.971 bits per heavy atom. The van der Waals surface area contributed by atoms with Gasteiger partial charge < -0.3 is 4.90 Å². The molecule has 2 aromatic carbocycles. The van der Waals surface area contributed by atoms with Crippen molar-refractivity contribution in [3.05, 3.63) is 59.7 Å². The first kappa shape index (κ1) is 26.2. The van der Waals surface area contributed by atoms with E-state index in [1.165, 1.54) is 30.9 Å². The smallest absolute Gasteiger partial charge is 0.338 e. The Bertz CT molecular complexity index is 1300. The van der Waals surface area contributed by atoms with E-state index >= 15 is 0 Å². The number of rotatable bonds is 6. The number of amides is 1. The molecular formula is C23H26F3NO5S2. The highest BCUT2D eigenvalue weighted by Crippen LogP contribution is 2.40. The number of likely N-dealkylation sites (tertiary alicyclic amines) is 1. The van der Waals surface area contributed by atoms with Crippen molar-refractivity contribution in [2.24, 2.45) is 5.92 Å². The highest BCUT2D eigenvalue weighted by Gasteiger charge is 2.46. The molecule has 0 N–H and O–H groups in total. The van der Waals surface area contributed by atoms with E-state index in [-0.39, 0.29) is 30.3 Å². The second kappa shape index (κ2) is 8.99. The number of halogens is 3. The summed E-state index contributed by atoms with van der Waals surface area (Å²) in [6, 6.07) is 9.90. The van der Waals surface area contributed by atoms with Crippen LogP contribution in [0, 0.1) is 5.92 Å². The van der Waals surface area contributed by atoms with Crippen molar-refractivity contribution in [2.45, 2.75) is 53.9 Å². The number of sulfone groups is 2. The third kappa shape index (κ3) is 5.30. The molecule has 3 rings (SSSR count). The lowest BCUT2D eigenvalue weighted by atomic mass is 9.85. The molecule has 2 aromatic rings. The lowest BCUT2D eigenvalue weighted by Crippen LogP contribution is -2.48. The van der Waals surface area contributed by atoms with Crippen LogP contribution < -0.4 is 0 Å². The molecule has 0 saturated carbocycles. The molecule has 34 heavy (non-hydrogen) atoms. The SMILES string of the molecule is CC(C)(C1CCN(Cc2cccc(S(C)(=O)=O)c2)C(=O)C1)S(=O)(=O)c1cccc(C(F)(F)F)c1. The number of benzene rings is 2. The molecule has 6 nitrogen and oxygen atoms in total. The number of hydrogen-bond acceptors (Lipinski definition) is 5. The first-order chi connectivity index (χ1) is 15.5. The van der Waals surface area contributed by atoms with Crippen LogP contribution in [0.4, 0.5) is 13.2 Å². The molecule has 186 valence electrons. The van der Waals surface area contributed by atoms with E-state index in [0.29, 0.717) is 18.1 Å². The number of nitrogens with zero attached hydrogens (tertiary/aromatic N) is 1. The number of hydrogen-bond donors (Lipinski definition) is 0. The molecule has 11 heteroatoms. The summed E-state index contributed by atoms with van der Waals surface area (Å²) in [6.45, 7) is 3.29. The van der Waals surface area contributed by atoms with Gasteiger partial charge in [0.05, 0.1) is 20.1 Å². The van der Waals surface area contributed by atoms with Gasteiger partial charge in [-0.1, -0.05) is 18.2 Å². The average molecular weight is 518 g/mol. The quantitative estimate of drug-likeness (QED) is 0.576. The van der Waals surface area contributed by atoms with Gasteiger partial charge in [-0.2, -0.15) is 13.2 Å². The van der Waals surface area contributed by atoms with Gasteiger partial charge in [0, 0.05) is 25.8 Å². The lowest BCUT2D eigenvalue weighted by Gasteiger charge is -2.39. The van der Waals surface area contributed by atoms with Crippen LogP contribution in [0.25, 0.3) is 0 Å². The van der Waals surface area contributed by atoms with E-state index in [4.69, 9.17) is 0 Å². The minimum atomic E-state index is -4.68. The van der Waals surface area contributed by atoms with Crippen molar-refractivity contribution < 1.29 is 34.8 Å². The summed E-state index contributed by atoms with van der Waals surface area (Å²) < 4.78 is 88.0. The third-order valence-electron chi connectivity index (χ3n) is 6.37. The van der Waals surface area contributed by atoms with Gasteiger partial charge in [-0.25, -0.2) is 16.8 Å². The molecular weight excluding hydrogens is 491 g/mol. The second-order valence-corrected chi connectivity index (χ2v) is 13.6. The van der Waals surface area contributed by atoms with Crippen molar-refractivity contribution in [3.63, 3.8) is 0 Å². The largest absolute Gasteiger partial charge is 0.416 e. The first-order valence-electron chi connectivity index (χ1n) is 10.5. The number of alkyl halides is 3. The highest BCUT2D eigenvalue weighted by atomic mass is 32.2. The van der Waals surface area contributed by atoms with Crippen LogP contribution in [0.1, 0.15) is 37.8 Å². The zero-order chi connectivity index (χ0) is 25.5. The van der Waals surface area contributed by atoms with Crippen LogP contribution in [0.15, 0.2) is 58.3 Å². The second-order valence-electron chi connectivity index (χ2n) is 9.06. The summed E-state index contributed by atoms with van der Waals surface area (Å²) >= 11 is 0. The van der Waals surface area contributed by atoms with Gasteiger partial charge in [0.1, 0.15) is 0 Å². The zero-order valence-corrected chi connectivity index (χ0v) is 20.6. The maximum atomic E-state index is 13.3. The Hall–Kier alpha value is -2.40. The fourth-order valence-electron chi connectivity index (χ4n) is 4.10. The Morgan fingerprint density at radius 2 is 1.59 bits per heavy atom. The predicted octanol–water partition coefficient (Wildman–Crippen LogP) is 4.10. The topological polar surface area (TPSA) is 88.6 Å². The minimum Gasteiger partial charge on any atom is -0.338 e. The fraction of sp³-hybridized carbons (Fsp3) is 0.435. The molecule has 0 radical (unpaired) electrons. The summed E-state index contributed by atoms with van der Waals surface area (Å²) in [5.41, 5.74) is -0.419. The Labute approximate surface area is 197 Å². The lowest BCUT2D eigenvalue weighted by molar-refractivity contribution is -0.138. The van der Waals surface area contributed by atoms with Gasteiger partial charge >= 0.3 is 6.18 Å². The maximum absolute atomic E-state index is 13.3. The van der Waals surface area contributed by atoms with E-state index < -0.39 is 47.0 Å². The molecule has 1 saturated heterocycles. The molecule has 1 heterocycles. The molecule has 0 spiro atoms. The zero-order valence-electron chi connectivity index (χ0n) is 19.0. The van der Waals surface area contributed by atoms with Crippen LogP contribution in [-0.4, -0.2) is 45.2 Å². The van der Waals surface area contributed by atoms with Crippen LogP contribution in [0.5, 0.6) is 0 Å². The van der Waals surface area contributed by atoms with Gasteiger partial charge in [0.15, 0.2) is 19.7 Å². The van der Waals surface area contributed by atoms with Crippen molar-refractivity contribution >= 4 is 25.6 Å². The maximum Gasteiger partial charge on any atom is 0.416 e. The highest BCUT2D eigenvalue weighted by molar-refractivity contribution is 7.92. The molecule has 1 amide bonds. The molecule has 1 aliphatic heterocycles. The number of piperidine rings is 1.